The Kier molecular flexibility index (Phi) is 3.83. The maximum atomic E-state index is 5.46. The Morgan fingerprint density at radius 1 is 1.25 bits per heavy atom. The summed E-state index contributed by atoms with van der Waals surface area (Å²) in [4.78, 5) is 2.58. The Morgan fingerprint density at radius 3 is 2.56 bits per heavy atom. The van der Waals surface area contributed by atoms with Crippen molar-refractivity contribution in [3.63, 3.8) is 0 Å². The van der Waals surface area contributed by atoms with Crippen molar-refractivity contribution in [3.05, 3.63) is 29.8 Å². The zero-order chi connectivity index (χ0) is 11.4. The van der Waals surface area contributed by atoms with Crippen molar-refractivity contribution in [2.45, 2.75) is 32.2 Å². The van der Waals surface area contributed by atoms with Crippen LogP contribution in [0, 0.1) is 0 Å². The molecule has 0 aliphatic carbocycles. The Bertz CT molecular complexity index is 331. The van der Waals surface area contributed by atoms with Crippen molar-refractivity contribution in [1.29, 1.82) is 0 Å². The Morgan fingerprint density at radius 2 is 1.94 bits per heavy atom. The minimum Gasteiger partial charge on any atom is -0.496 e. The van der Waals surface area contributed by atoms with Gasteiger partial charge in [0.25, 0.3) is 0 Å². The topological polar surface area (TPSA) is 12.5 Å². The van der Waals surface area contributed by atoms with Crippen molar-refractivity contribution in [2.75, 3.05) is 20.2 Å². The number of methoxy groups -OCH3 is 1. The number of nitrogens with zero attached hydrogens (tertiary/aromatic N) is 1. The van der Waals surface area contributed by atoms with Gasteiger partial charge in [-0.2, -0.15) is 0 Å². The van der Waals surface area contributed by atoms with Crippen molar-refractivity contribution in [3.8, 4) is 5.75 Å². The quantitative estimate of drug-likeness (QED) is 0.770. The average Bonchev–Trinajstić information content (AvgIpc) is 2.84. The molecular formula is C14H21NO. The third kappa shape index (κ3) is 2.22. The van der Waals surface area contributed by atoms with Crippen LogP contribution in [-0.2, 0) is 0 Å². The van der Waals surface area contributed by atoms with Crippen molar-refractivity contribution in [2.24, 2.45) is 0 Å². The first-order chi connectivity index (χ1) is 7.86. The average molecular weight is 219 g/mol. The van der Waals surface area contributed by atoms with Gasteiger partial charge in [0.15, 0.2) is 0 Å². The van der Waals surface area contributed by atoms with Gasteiger partial charge in [-0.3, -0.25) is 4.90 Å². The van der Waals surface area contributed by atoms with Gasteiger partial charge in [-0.25, -0.2) is 0 Å². The monoisotopic (exact) mass is 219 g/mol. The van der Waals surface area contributed by atoms with Crippen LogP contribution >= 0.6 is 0 Å². The summed E-state index contributed by atoms with van der Waals surface area (Å²) in [6.45, 7) is 4.72. The van der Waals surface area contributed by atoms with Crippen molar-refractivity contribution < 1.29 is 4.74 Å². The van der Waals surface area contributed by atoms with E-state index in [0.717, 1.165) is 12.2 Å². The molecule has 0 amide bonds. The number of hydrogen-bond donors (Lipinski definition) is 0. The van der Waals surface area contributed by atoms with E-state index >= 15 is 0 Å². The van der Waals surface area contributed by atoms with E-state index in [2.05, 4.69) is 30.0 Å². The number of ether oxygens (including phenoxy) is 1. The lowest BCUT2D eigenvalue weighted by Gasteiger charge is -2.28. The Hall–Kier alpha value is -1.02. The summed E-state index contributed by atoms with van der Waals surface area (Å²) < 4.78 is 5.46. The lowest BCUT2D eigenvalue weighted by atomic mass is 10.0. The summed E-state index contributed by atoms with van der Waals surface area (Å²) in [6, 6.07) is 8.94. The van der Waals surface area contributed by atoms with E-state index in [9.17, 15) is 0 Å². The molecule has 16 heavy (non-hydrogen) atoms. The lowest BCUT2D eigenvalue weighted by Crippen LogP contribution is -2.25. The van der Waals surface area contributed by atoms with E-state index in [-0.39, 0.29) is 0 Å². The maximum absolute atomic E-state index is 5.46. The van der Waals surface area contributed by atoms with E-state index in [1.807, 2.05) is 6.07 Å². The summed E-state index contributed by atoms with van der Waals surface area (Å²) >= 11 is 0. The fourth-order valence-corrected chi connectivity index (χ4v) is 2.67. The maximum Gasteiger partial charge on any atom is 0.123 e. The normalized spacial score (nSPS) is 18.6. The van der Waals surface area contributed by atoms with Crippen LogP contribution in [0.1, 0.15) is 37.8 Å². The van der Waals surface area contributed by atoms with Gasteiger partial charge in [-0.05, 0) is 38.4 Å². The minimum atomic E-state index is 0.527. The number of likely N-dealkylation sites (tertiary alicyclic amines) is 1. The first kappa shape index (κ1) is 11.5. The molecule has 1 aromatic carbocycles. The molecule has 1 fully saturated rings. The van der Waals surface area contributed by atoms with Crippen LogP contribution in [-0.4, -0.2) is 25.1 Å². The summed E-state index contributed by atoms with van der Waals surface area (Å²) in [5, 5.41) is 0. The molecule has 1 aliphatic heterocycles. The van der Waals surface area contributed by atoms with Crippen LogP contribution in [0.5, 0.6) is 5.75 Å². The first-order valence-corrected chi connectivity index (χ1v) is 6.23. The van der Waals surface area contributed by atoms with Gasteiger partial charge in [0.2, 0.25) is 0 Å². The molecule has 1 aromatic rings. The smallest absolute Gasteiger partial charge is 0.123 e. The summed E-state index contributed by atoms with van der Waals surface area (Å²) in [7, 11) is 1.76. The van der Waals surface area contributed by atoms with Crippen LogP contribution < -0.4 is 4.74 Å². The van der Waals surface area contributed by atoms with Gasteiger partial charge in [-0.15, -0.1) is 0 Å². The van der Waals surface area contributed by atoms with Crippen molar-refractivity contribution >= 4 is 0 Å². The highest BCUT2D eigenvalue weighted by atomic mass is 16.5. The third-order valence-corrected chi connectivity index (χ3v) is 3.47. The van der Waals surface area contributed by atoms with Gasteiger partial charge in [-0.1, -0.05) is 25.1 Å². The second-order valence-corrected chi connectivity index (χ2v) is 4.41. The van der Waals surface area contributed by atoms with Crippen LogP contribution in [0.15, 0.2) is 24.3 Å². The predicted molar refractivity (Wildman–Crippen MR) is 66.8 cm³/mol. The fourth-order valence-electron chi connectivity index (χ4n) is 2.67. The SMILES string of the molecule is CCC(c1ccccc1OC)N1CCCC1. The second kappa shape index (κ2) is 5.35. The molecule has 1 unspecified atom stereocenters. The predicted octanol–water partition coefficient (Wildman–Crippen LogP) is 3.24. The van der Waals surface area contributed by atoms with Gasteiger partial charge in [0.1, 0.15) is 5.75 Å². The fraction of sp³-hybridized carbons (Fsp3) is 0.571. The van der Waals surface area contributed by atoms with E-state index < -0.39 is 0 Å². The molecule has 88 valence electrons. The molecule has 2 rings (SSSR count). The van der Waals surface area contributed by atoms with E-state index in [4.69, 9.17) is 4.74 Å². The largest absolute Gasteiger partial charge is 0.496 e. The molecule has 2 heteroatoms. The summed E-state index contributed by atoms with van der Waals surface area (Å²) in [5.74, 6) is 1.03. The molecule has 0 bridgehead atoms. The van der Waals surface area contributed by atoms with Crippen LogP contribution in [0.4, 0.5) is 0 Å². The highest BCUT2D eigenvalue weighted by Gasteiger charge is 2.23. The molecule has 1 saturated heterocycles. The number of hydrogen-bond acceptors (Lipinski definition) is 2. The van der Waals surface area contributed by atoms with Gasteiger partial charge < -0.3 is 4.74 Å². The lowest BCUT2D eigenvalue weighted by molar-refractivity contribution is 0.233. The molecule has 1 atom stereocenters. The highest BCUT2D eigenvalue weighted by Crippen LogP contribution is 2.33. The summed E-state index contributed by atoms with van der Waals surface area (Å²) in [5.41, 5.74) is 1.34. The van der Waals surface area contributed by atoms with E-state index in [1.165, 1.54) is 31.5 Å². The molecule has 2 nitrogen and oxygen atoms in total. The standard InChI is InChI=1S/C14H21NO/c1-3-13(15-10-6-7-11-15)12-8-4-5-9-14(12)16-2/h4-5,8-9,13H,3,6-7,10-11H2,1-2H3. The number of benzene rings is 1. The van der Waals surface area contributed by atoms with Crippen LogP contribution in [0.3, 0.4) is 0 Å². The van der Waals surface area contributed by atoms with E-state index in [0.29, 0.717) is 6.04 Å². The third-order valence-electron chi connectivity index (χ3n) is 3.47. The van der Waals surface area contributed by atoms with Gasteiger partial charge in [0, 0.05) is 11.6 Å². The molecule has 1 heterocycles. The minimum absolute atomic E-state index is 0.527. The van der Waals surface area contributed by atoms with Gasteiger partial charge >= 0.3 is 0 Å². The highest BCUT2D eigenvalue weighted by molar-refractivity contribution is 5.36. The molecule has 0 N–H and O–H groups in total. The Balaban J connectivity index is 2.24. The van der Waals surface area contributed by atoms with Crippen LogP contribution in [0.2, 0.25) is 0 Å². The zero-order valence-electron chi connectivity index (χ0n) is 10.3. The molecule has 0 spiro atoms. The molecule has 0 aromatic heterocycles. The molecule has 1 aliphatic rings. The Labute approximate surface area is 98.2 Å². The first-order valence-electron chi connectivity index (χ1n) is 6.23. The number of para-hydroxylation sites is 1. The second-order valence-electron chi connectivity index (χ2n) is 4.41. The molecular weight excluding hydrogens is 198 g/mol. The number of rotatable bonds is 4. The zero-order valence-corrected chi connectivity index (χ0v) is 10.3. The molecule has 0 radical (unpaired) electrons. The summed E-state index contributed by atoms with van der Waals surface area (Å²) in [6.07, 6.45) is 3.83. The van der Waals surface area contributed by atoms with Crippen molar-refractivity contribution in [1.82, 2.24) is 4.90 Å². The van der Waals surface area contributed by atoms with Gasteiger partial charge in [0.05, 0.1) is 7.11 Å². The molecule has 0 saturated carbocycles. The van der Waals surface area contributed by atoms with E-state index in [1.54, 1.807) is 7.11 Å². The van der Waals surface area contributed by atoms with Crippen LogP contribution in [0.25, 0.3) is 0 Å².